The van der Waals surface area contributed by atoms with E-state index in [0.717, 1.165) is 38.9 Å². The first kappa shape index (κ1) is 14.9. The molecule has 0 amide bonds. The van der Waals surface area contributed by atoms with Gasteiger partial charge in [0, 0.05) is 32.5 Å². The van der Waals surface area contributed by atoms with Gasteiger partial charge >= 0.3 is 0 Å². The Morgan fingerprint density at radius 3 is 2.65 bits per heavy atom. The summed E-state index contributed by atoms with van der Waals surface area (Å²) in [5.74, 6) is 0.742. The maximum atomic E-state index is 5.72. The van der Waals surface area contributed by atoms with Crippen molar-refractivity contribution >= 4 is 0 Å². The molecule has 1 aliphatic heterocycles. The van der Waals surface area contributed by atoms with Crippen molar-refractivity contribution in [3.63, 3.8) is 0 Å². The van der Waals surface area contributed by atoms with Gasteiger partial charge in [-0.1, -0.05) is 13.8 Å². The molecule has 1 N–H and O–H groups in total. The van der Waals surface area contributed by atoms with Crippen molar-refractivity contribution in [2.24, 2.45) is 5.92 Å². The Bertz CT molecular complexity index is 168. The van der Waals surface area contributed by atoms with Crippen molar-refractivity contribution in [3.05, 3.63) is 0 Å². The van der Waals surface area contributed by atoms with Crippen molar-refractivity contribution in [2.75, 3.05) is 33.0 Å². The minimum atomic E-state index is 0.611. The highest BCUT2D eigenvalue weighted by atomic mass is 16.5. The molecule has 0 aromatic heterocycles. The first-order chi connectivity index (χ1) is 8.29. The highest BCUT2D eigenvalue weighted by Gasteiger charge is 2.13. The van der Waals surface area contributed by atoms with Crippen molar-refractivity contribution in [1.29, 1.82) is 0 Å². The van der Waals surface area contributed by atoms with Crippen LogP contribution in [0.5, 0.6) is 0 Å². The van der Waals surface area contributed by atoms with Gasteiger partial charge in [-0.05, 0) is 44.6 Å². The molecule has 1 saturated heterocycles. The molecule has 0 aliphatic carbocycles. The Morgan fingerprint density at radius 2 is 1.94 bits per heavy atom. The van der Waals surface area contributed by atoms with Crippen LogP contribution in [0.15, 0.2) is 0 Å². The Labute approximate surface area is 106 Å². The van der Waals surface area contributed by atoms with Gasteiger partial charge in [0.1, 0.15) is 0 Å². The first-order valence-electron chi connectivity index (χ1n) is 7.18. The summed E-state index contributed by atoms with van der Waals surface area (Å²) in [5, 5.41) is 3.43. The molecule has 0 aromatic carbocycles. The summed E-state index contributed by atoms with van der Waals surface area (Å²) in [4.78, 5) is 0. The van der Waals surface area contributed by atoms with Crippen molar-refractivity contribution < 1.29 is 9.47 Å². The lowest BCUT2D eigenvalue weighted by molar-refractivity contribution is 0.0198. The SMILES string of the molecule is CC(C)NCCCCCOCC1CCOCC1. The van der Waals surface area contributed by atoms with Crippen molar-refractivity contribution in [3.8, 4) is 0 Å². The summed E-state index contributed by atoms with van der Waals surface area (Å²) >= 11 is 0. The lowest BCUT2D eigenvalue weighted by Gasteiger charge is -2.21. The highest BCUT2D eigenvalue weighted by molar-refractivity contribution is 4.62. The van der Waals surface area contributed by atoms with Gasteiger partial charge in [0.15, 0.2) is 0 Å². The number of ether oxygens (including phenoxy) is 2. The lowest BCUT2D eigenvalue weighted by Crippen LogP contribution is -2.23. The van der Waals surface area contributed by atoms with Crippen molar-refractivity contribution in [1.82, 2.24) is 5.32 Å². The summed E-state index contributed by atoms with van der Waals surface area (Å²) in [6.07, 6.45) is 6.09. The number of unbranched alkanes of at least 4 members (excludes halogenated alkanes) is 2. The fraction of sp³-hybridized carbons (Fsp3) is 1.00. The van der Waals surface area contributed by atoms with Gasteiger partial charge in [0.05, 0.1) is 0 Å². The van der Waals surface area contributed by atoms with Crippen LogP contribution >= 0.6 is 0 Å². The number of nitrogens with one attached hydrogen (secondary N) is 1. The van der Waals surface area contributed by atoms with E-state index in [0.29, 0.717) is 6.04 Å². The molecule has 0 saturated carbocycles. The summed E-state index contributed by atoms with van der Waals surface area (Å²) < 4.78 is 11.1. The Hall–Kier alpha value is -0.120. The second-order valence-electron chi connectivity index (χ2n) is 5.30. The van der Waals surface area contributed by atoms with E-state index >= 15 is 0 Å². The zero-order chi connectivity index (χ0) is 12.3. The van der Waals surface area contributed by atoms with E-state index in [9.17, 15) is 0 Å². The minimum absolute atomic E-state index is 0.611. The van der Waals surface area contributed by atoms with E-state index in [1.807, 2.05) is 0 Å². The van der Waals surface area contributed by atoms with Gasteiger partial charge in [0.25, 0.3) is 0 Å². The Kier molecular flexibility index (Phi) is 8.67. The predicted molar refractivity (Wildman–Crippen MR) is 71.4 cm³/mol. The summed E-state index contributed by atoms with van der Waals surface area (Å²) in [7, 11) is 0. The predicted octanol–water partition coefficient (Wildman–Crippen LogP) is 2.60. The molecule has 0 radical (unpaired) electrons. The molecule has 1 fully saturated rings. The van der Waals surface area contributed by atoms with Gasteiger partial charge in [-0.2, -0.15) is 0 Å². The summed E-state index contributed by atoms with van der Waals surface area (Å²) in [5.41, 5.74) is 0. The third-order valence-corrected chi connectivity index (χ3v) is 3.21. The van der Waals surface area contributed by atoms with E-state index in [4.69, 9.17) is 9.47 Å². The van der Waals surface area contributed by atoms with E-state index in [2.05, 4.69) is 19.2 Å². The normalized spacial score (nSPS) is 17.8. The molecule has 0 unspecified atom stereocenters. The Balaban J connectivity index is 1.78. The molecular formula is C14H29NO2. The van der Waals surface area contributed by atoms with Crippen LogP contribution in [-0.2, 0) is 9.47 Å². The Morgan fingerprint density at radius 1 is 1.18 bits per heavy atom. The molecule has 0 bridgehead atoms. The van der Waals surface area contributed by atoms with Crippen LogP contribution in [0.2, 0.25) is 0 Å². The van der Waals surface area contributed by atoms with E-state index in [-0.39, 0.29) is 0 Å². The largest absolute Gasteiger partial charge is 0.381 e. The fourth-order valence-electron chi connectivity index (χ4n) is 2.06. The van der Waals surface area contributed by atoms with Gasteiger partial charge < -0.3 is 14.8 Å². The minimum Gasteiger partial charge on any atom is -0.381 e. The van der Waals surface area contributed by atoms with Crippen LogP contribution in [0.4, 0.5) is 0 Å². The number of hydrogen-bond acceptors (Lipinski definition) is 3. The molecule has 102 valence electrons. The summed E-state index contributed by atoms with van der Waals surface area (Å²) in [6.45, 7) is 9.24. The summed E-state index contributed by atoms with van der Waals surface area (Å²) in [6, 6.07) is 0.611. The maximum Gasteiger partial charge on any atom is 0.0495 e. The molecule has 3 nitrogen and oxygen atoms in total. The molecule has 3 heteroatoms. The molecule has 0 aromatic rings. The second-order valence-corrected chi connectivity index (χ2v) is 5.30. The second kappa shape index (κ2) is 9.86. The quantitative estimate of drug-likeness (QED) is 0.631. The van der Waals surface area contributed by atoms with E-state index in [1.54, 1.807) is 0 Å². The van der Waals surface area contributed by atoms with Gasteiger partial charge in [-0.25, -0.2) is 0 Å². The molecule has 0 spiro atoms. The topological polar surface area (TPSA) is 30.5 Å². The van der Waals surface area contributed by atoms with Gasteiger partial charge in [-0.15, -0.1) is 0 Å². The van der Waals surface area contributed by atoms with E-state index in [1.165, 1.54) is 32.1 Å². The number of rotatable bonds is 9. The first-order valence-corrected chi connectivity index (χ1v) is 7.18. The van der Waals surface area contributed by atoms with Gasteiger partial charge in [0.2, 0.25) is 0 Å². The average Bonchev–Trinajstić information content (AvgIpc) is 2.33. The molecule has 1 rings (SSSR count). The van der Waals surface area contributed by atoms with Crippen LogP contribution < -0.4 is 5.32 Å². The average molecular weight is 243 g/mol. The van der Waals surface area contributed by atoms with Crippen LogP contribution in [-0.4, -0.2) is 39.0 Å². The third kappa shape index (κ3) is 8.58. The smallest absolute Gasteiger partial charge is 0.0495 e. The highest BCUT2D eigenvalue weighted by Crippen LogP contribution is 2.14. The monoisotopic (exact) mass is 243 g/mol. The van der Waals surface area contributed by atoms with Crippen LogP contribution in [0.3, 0.4) is 0 Å². The van der Waals surface area contributed by atoms with E-state index < -0.39 is 0 Å². The van der Waals surface area contributed by atoms with Crippen LogP contribution in [0.25, 0.3) is 0 Å². The van der Waals surface area contributed by atoms with Crippen LogP contribution in [0, 0.1) is 5.92 Å². The molecular weight excluding hydrogens is 214 g/mol. The zero-order valence-corrected chi connectivity index (χ0v) is 11.5. The zero-order valence-electron chi connectivity index (χ0n) is 11.5. The fourth-order valence-corrected chi connectivity index (χ4v) is 2.06. The van der Waals surface area contributed by atoms with Crippen molar-refractivity contribution in [2.45, 2.75) is 52.0 Å². The lowest BCUT2D eigenvalue weighted by atomic mass is 10.0. The molecule has 1 aliphatic rings. The maximum absolute atomic E-state index is 5.72. The van der Waals surface area contributed by atoms with Gasteiger partial charge in [-0.3, -0.25) is 0 Å². The number of hydrogen-bond donors (Lipinski definition) is 1. The standard InChI is InChI=1S/C14H29NO2/c1-13(2)15-8-4-3-5-9-17-12-14-6-10-16-11-7-14/h13-15H,3-12H2,1-2H3. The molecule has 1 heterocycles. The molecule has 17 heavy (non-hydrogen) atoms. The molecule has 0 atom stereocenters. The third-order valence-electron chi connectivity index (χ3n) is 3.21. The van der Waals surface area contributed by atoms with Crippen LogP contribution in [0.1, 0.15) is 46.0 Å².